The molecular weight excluding hydrogens is 272 g/mol. The van der Waals surface area contributed by atoms with Crippen LogP contribution in [0.25, 0.3) is 0 Å². The molecule has 20 heavy (non-hydrogen) atoms. The molecule has 112 valence electrons. The lowest BCUT2D eigenvalue weighted by Gasteiger charge is -2.33. The fraction of sp³-hybridized carbons (Fsp3) is 0.600. The van der Waals surface area contributed by atoms with E-state index in [1.54, 1.807) is 6.07 Å². The van der Waals surface area contributed by atoms with E-state index < -0.39 is 10.0 Å². The second-order valence-electron chi connectivity index (χ2n) is 6.03. The van der Waals surface area contributed by atoms with Crippen molar-refractivity contribution in [1.29, 1.82) is 0 Å². The van der Waals surface area contributed by atoms with Gasteiger partial charge in [0.25, 0.3) is 0 Å². The summed E-state index contributed by atoms with van der Waals surface area (Å²) in [7, 11) is -3.25. The molecule has 0 aliphatic heterocycles. The van der Waals surface area contributed by atoms with E-state index in [0.29, 0.717) is 17.6 Å². The van der Waals surface area contributed by atoms with Gasteiger partial charge in [0.15, 0.2) is 0 Å². The average molecular weight is 296 g/mol. The van der Waals surface area contributed by atoms with E-state index in [0.717, 1.165) is 24.4 Å². The van der Waals surface area contributed by atoms with Crippen molar-refractivity contribution in [3.8, 4) is 0 Å². The Bertz CT molecular complexity index is 557. The standard InChI is InChI=1S/C15H24N2O2S/c1-11-8-9-13(10-12(11)2)16-14-6-4-5-7-15(14)17-20(3,18)19/h4-7,11-13,16-17H,8-10H2,1-3H3. The number of sulfonamides is 1. The van der Waals surface area contributed by atoms with Gasteiger partial charge < -0.3 is 5.32 Å². The maximum Gasteiger partial charge on any atom is 0.229 e. The molecule has 0 saturated heterocycles. The molecule has 3 atom stereocenters. The first-order chi connectivity index (χ1) is 9.35. The lowest BCUT2D eigenvalue weighted by molar-refractivity contribution is 0.261. The molecule has 0 radical (unpaired) electrons. The summed E-state index contributed by atoms with van der Waals surface area (Å²) in [6, 6.07) is 7.90. The maximum absolute atomic E-state index is 11.4. The van der Waals surface area contributed by atoms with Gasteiger partial charge in [-0.15, -0.1) is 0 Å². The summed E-state index contributed by atoms with van der Waals surface area (Å²) < 4.78 is 25.4. The highest BCUT2D eigenvalue weighted by atomic mass is 32.2. The number of benzene rings is 1. The fourth-order valence-corrected chi connectivity index (χ4v) is 3.37. The van der Waals surface area contributed by atoms with Crippen LogP contribution in [0.5, 0.6) is 0 Å². The maximum atomic E-state index is 11.4. The van der Waals surface area contributed by atoms with Crippen molar-refractivity contribution in [2.45, 2.75) is 39.2 Å². The van der Waals surface area contributed by atoms with Crippen LogP contribution in [0.4, 0.5) is 11.4 Å². The molecular formula is C15H24N2O2S. The molecule has 0 aromatic heterocycles. The zero-order valence-electron chi connectivity index (χ0n) is 12.4. The quantitative estimate of drug-likeness (QED) is 0.896. The number of nitrogens with one attached hydrogen (secondary N) is 2. The highest BCUT2D eigenvalue weighted by Gasteiger charge is 2.24. The van der Waals surface area contributed by atoms with Gasteiger partial charge in [0.05, 0.1) is 17.6 Å². The van der Waals surface area contributed by atoms with Crippen molar-refractivity contribution in [2.24, 2.45) is 11.8 Å². The Morgan fingerprint density at radius 2 is 1.70 bits per heavy atom. The minimum atomic E-state index is -3.25. The molecule has 0 bridgehead atoms. The Kier molecular flexibility index (Phi) is 4.58. The summed E-state index contributed by atoms with van der Waals surface area (Å²) in [6.07, 6.45) is 4.67. The molecule has 4 nitrogen and oxygen atoms in total. The van der Waals surface area contributed by atoms with E-state index in [9.17, 15) is 8.42 Å². The summed E-state index contributed by atoms with van der Waals surface area (Å²) in [4.78, 5) is 0. The van der Waals surface area contributed by atoms with Crippen LogP contribution in [0, 0.1) is 11.8 Å². The highest BCUT2D eigenvalue weighted by Crippen LogP contribution is 2.32. The lowest BCUT2D eigenvalue weighted by atomic mass is 9.79. The van der Waals surface area contributed by atoms with Crippen molar-refractivity contribution >= 4 is 21.4 Å². The molecule has 0 amide bonds. The number of hydrogen-bond donors (Lipinski definition) is 2. The zero-order chi connectivity index (χ0) is 14.8. The Morgan fingerprint density at radius 3 is 2.30 bits per heavy atom. The molecule has 5 heteroatoms. The van der Waals surface area contributed by atoms with Gasteiger partial charge in [-0.1, -0.05) is 26.0 Å². The first-order valence-electron chi connectivity index (χ1n) is 7.18. The number of para-hydroxylation sites is 2. The molecule has 1 saturated carbocycles. The molecule has 0 heterocycles. The Hall–Kier alpha value is -1.23. The van der Waals surface area contributed by atoms with Gasteiger partial charge in [-0.05, 0) is 43.2 Å². The molecule has 2 rings (SSSR count). The summed E-state index contributed by atoms with van der Waals surface area (Å²) >= 11 is 0. The first kappa shape index (κ1) is 15.2. The molecule has 1 aromatic carbocycles. The minimum Gasteiger partial charge on any atom is -0.381 e. The fourth-order valence-electron chi connectivity index (χ4n) is 2.80. The highest BCUT2D eigenvalue weighted by molar-refractivity contribution is 7.92. The van der Waals surface area contributed by atoms with E-state index in [1.807, 2.05) is 18.2 Å². The van der Waals surface area contributed by atoms with Gasteiger partial charge in [0.1, 0.15) is 0 Å². The normalized spacial score (nSPS) is 27.1. The molecule has 1 aliphatic carbocycles. The van der Waals surface area contributed by atoms with Crippen molar-refractivity contribution < 1.29 is 8.42 Å². The minimum absolute atomic E-state index is 0.420. The third kappa shape index (κ3) is 4.13. The summed E-state index contributed by atoms with van der Waals surface area (Å²) in [6.45, 7) is 4.60. The van der Waals surface area contributed by atoms with Crippen LogP contribution in [0.3, 0.4) is 0 Å². The molecule has 0 spiro atoms. The van der Waals surface area contributed by atoms with Gasteiger partial charge in [0.2, 0.25) is 10.0 Å². The first-order valence-corrected chi connectivity index (χ1v) is 9.07. The summed E-state index contributed by atoms with van der Waals surface area (Å²) in [5.74, 6) is 1.48. The molecule has 1 aliphatic rings. The van der Waals surface area contributed by atoms with E-state index in [-0.39, 0.29) is 0 Å². The predicted molar refractivity (Wildman–Crippen MR) is 84.5 cm³/mol. The molecule has 3 unspecified atom stereocenters. The smallest absolute Gasteiger partial charge is 0.229 e. The summed E-state index contributed by atoms with van der Waals surface area (Å²) in [5.41, 5.74) is 1.49. The van der Waals surface area contributed by atoms with Crippen LogP contribution in [0.15, 0.2) is 24.3 Å². The van der Waals surface area contributed by atoms with Gasteiger partial charge in [-0.2, -0.15) is 0 Å². The third-order valence-electron chi connectivity index (χ3n) is 4.18. The largest absolute Gasteiger partial charge is 0.381 e. The number of rotatable bonds is 4. The SMILES string of the molecule is CC1CCC(Nc2ccccc2NS(C)(=O)=O)CC1C. The predicted octanol–water partition coefficient (Wildman–Crippen LogP) is 3.29. The zero-order valence-corrected chi connectivity index (χ0v) is 13.2. The second-order valence-corrected chi connectivity index (χ2v) is 7.78. The van der Waals surface area contributed by atoms with Gasteiger partial charge in [0, 0.05) is 6.04 Å². The van der Waals surface area contributed by atoms with Crippen molar-refractivity contribution in [1.82, 2.24) is 0 Å². The van der Waals surface area contributed by atoms with Crippen molar-refractivity contribution in [3.05, 3.63) is 24.3 Å². The van der Waals surface area contributed by atoms with Gasteiger partial charge in [-0.25, -0.2) is 8.42 Å². The van der Waals surface area contributed by atoms with E-state index in [1.165, 1.54) is 12.7 Å². The van der Waals surface area contributed by atoms with Gasteiger partial charge in [-0.3, -0.25) is 4.72 Å². The van der Waals surface area contributed by atoms with Crippen LogP contribution in [0.1, 0.15) is 33.1 Å². The number of hydrogen-bond acceptors (Lipinski definition) is 3. The van der Waals surface area contributed by atoms with Crippen LogP contribution < -0.4 is 10.0 Å². The second kappa shape index (κ2) is 6.04. The van der Waals surface area contributed by atoms with E-state index >= 15 is 0 Å². The van der Waals surface area contributed by atoms with Crippen LogP contribution in [0.2, 0.25) is 0 Å². The average Bonchev–Trinajstić information content (AvgIpc) is 2.34. The van der Waals surface area contributed by atoms with E-state index in [4.69, 9.17) is 0 Å². The molecule has 1 fully saturated rings. The molecule has 2 N–H and O–H groups in total. The monoisotopic (exact) mass is 296 g/mol. The van der Waals surface area contributed by atoms with Crippen molar-refractivity contribution in [2.75, 3.05) is 16.3 Å². The van der Waals surface area contributed by atoms with Crippen LogP contribution in [-0.2, 0) is 10.0 Å². The van der Waals surface area contributed by atoms with E-state index in [2.05, 4.69) is 23.9 Å². The number of anilines is 2. The Labute approximate surface area is 122 Å². The third-order valence-corrected chi connectivity index (χ3v) is 4.77. The van der Waals surface area contributed by atoms with Crippen LogP contribution >= 0.6 is 0 Å². The Balaban J connectivity index is 2.10. The van der Waals surface area contributed by atoms with Gasteiger partial charge >= 0.3 is 0 Å². The Morgan fingerprint density at radius 1 is 1.05 bits per heavy atom. The lowest BCUT2D eigenvalue weighted by Crippen LogP contribution is -2.30. The topological polar surface area (TPSA) is 58.2 Å². The molecule has 1 aromatic rings. The summed E-state index contributed by atoms with van der Waals surface area (Å²) in [5, 5.41) is 3.50. The van der Waals surface area contributed by atoms with Crippen molar-refractivity contribution in [3.63, 3.8) is 0 Å². The van der Waals surface area contributed by atoms with Crippen LogP contribution in [-0.4, -0.2) is 20.7 Å².